The Morgan fingerprint density at radius 3 is 2.06 bits per heavy atom. The van der Waals surface area contributed by atoms with Crippen LogP contribution in [0.25, 0.3) is 0 Å². The summed E-state index contributed by atoms with van der Waals surface area (Å²) in [6.45, 7) is 0.00357. The number of nitrogens with one attached hydrogen (secondary N) is 1. The lowest BCUT2D eigenvalue weighted by Crippen LogP contribution is -2.52. The Bertz CT molecular complexity index is 998. The van der Waals surface area contributed by atoms with Crippen molar-refractivity contribution in [3.8, 4) is 0 Å². The van der Waals surface area contributed by atoms with E-state index in [4.69, 9.17) is 5.73 Å². The maximum absolute atomic E-state index is 13.3. The fourth-order valence-corrected chi connectivity index (χ4v) is 4.07. The van der Waals surface area contributed by atoms with Crippen LogP contribution in [0, 0.1) is 0 Å². The van der Waals surface area contributed by atoms with Crippen molar-refractivity contribution < 1.29 is 35.9 Å². The number of carbonyl (C=O) groups is 2. The Balaban J connectivity index is 0.00000432. The van der Waals surface area contributed by atoms with Gasteiger partial charge in [0, 0.05) is 24.2 Å². The van der Waals surface area contributed by atoms with Gasteiger partial charge in [0.05, 0.1) is 17.7 Å². The van der Waals surface area contributed by atoms with Crippen LogP contribution in [0.4, 0.5) is 26.3 Å². The molecule has 0 saturated carbocycles. The van der Waals surface area contributed by atoms with Gasteiger partial charge in [0.25, 0.3) is 5.91 Å². The number of amides is 2. The lowest BCUT2D eigenvalue weighted by molar-refractivity contribution is -0.143. The Morgan fingerprint density at radius 2 is 1.54 bits per heavy atom. The topological polar surface area (TPSA) is 75.4 Å². The Kier molecular flexibility index (Phi) is 9.18. The van der Waals surface area contributed by atoms with Gasteiger partial charge in [-0.05, 0) is 43.0 Å². The first-order chi connectivity index (χ1) is 15.8. The van der Waals surface area contributed by atoms with Crippen LogP contribution in [0.15, 0.2) is 48.5 Å². The quantitative estimate of drug-likeness (QED) is 0.550. The molecule has 1 saturated heterocycles. The van der Waals surface area contributed by atoms with Crippen LogP contribution < -0.4 is 11.1 Å². The van der Waals surface area contributed by atoms with Crippen LogP contribution in [-0.2, 0) is 23.6 Å². The molecule has 2 atom stereocenters. The minimum Gasteiger partial charge on any atom is -0.369 e. The van der Waals surface area contributed by atoms with Crippen LogP contribution in [0.2, 0.25) is 0 Å². The summed E-state index contributed by atoms with van der Waals surface area (Å²) in [7, 11) is 0. The first-order valence-corrected chi connectivity index (χ1v) is 10.5. The van der Waals surface area contributed by atoms with Gasteiger partial charge >= 0.3 is 12.4 Å². The lowest BCUT2D eigenvalue weighted by Gasteiger charge is -2.40. The van der Waals surface area contributed by atoms with Crippen molar-refractivity contribution in [3.05, 3.63) is 70.8 Å². The number of hydrogen-bond acceptors (Lipinski definition) is 3. The van der Waals surface area contributed by atoms with Gasteiger partial charge in [0.2, 0.25) is 5.91 Å². The molecule has 3 N–H and O–H groups in total. The molecule has 12 heteroatoms. The van der Waals surface area contributed by atoms with Crippen LogP contribution in [-0.4, -0.2) is 41.9 Å². The number of halogens is 7. The summed E-state index contributed by atoms with van der Waals surface area (Å²) >= 11 is 0. The van der Waals surface area contributed by atoms with E-state index in [9.17, 15) is 35.9 Å². The monoisotopic (exact) mass is 523 g/mol. The predicted molar refractivity (Wildman–Crippen MR) is 119 cm³/mol. The zero-order chi connectivity index (χ0) is 25.1. The summed E-state index contributed by atoms with van der Waals surface area (Å²) in [5.41, 5.74) is 2.26. The van der Waals surface area contributed by atoms with Crippen molar-refractivity contribution >= 4 is 24.2 Å². The number of primary amides is 1. The molecule has 2 amide bonds. The zero-order valence-electron chi connectivity index (χ0n) is 18.3. The largest absolute Gasteiger partial charge is 0.416 e. The Morgan fingerprint density at radius 1 is 0.971 bits per heavy atom. The summed E-state index contributed by atoms with van der Waals surface area (Å²) in [5, 5.41) is 2.98. The van der Waals surface area contributed by atoms with Gasteiger partial charge in [0.15, 0.2) is 0 Å². The average molecular weight is 524 g/mol. The number of piperidine rings is 1. The Labute approximate surface area is 204 Å². The minimum absolute atomic E-state index is 0. The van der Waals surface area contributed by atoms with Gasteiger partial charge in [-0.1, -0.05) is 30.3 Å². The van der Waals surface area contributed by atoms with E-state index >= 15 is 0 Å². The second-order valence-electron chi connectivity index (χ2n) is 8.21. The van der Waals surface area contributed by atoms with Gasteiger partial charge in [-0.3, -0.25) is 9.59 Å². The van der Waals surface area contributed by atoms with Gasteiger partial charge in [0.1, 0.15) is 0 Å². The first kappa shape index (κ1) is 28.4. The van der Waals surface area contributed by atoms with Gasteiger partial charge in [-0.15, -0.1) is 12.4 Å². The second kappa shape index (κ2) is 11.3. The molecule has 2 aromatic rings. The molecule has 0 spiro atoms. The van der Waals surface area contributed by atoms with Gasteiger partial charge < -0.3 is 16.0 Å². The summed E-state index contributed by atoms with van der Waals surface area (Å²) < 4.78 is 79.6. The Hall–Kier alpha value is -2.79. The first-order valence-electron chi connectivity index (χ1n) is 10.5. The third kappa shape index (κ3) is 7.60. The number of hydrogen-bond donors (Lipinski definition) is 2. The van der Waals surface area contributed by atoms with E-state index in [-0.39, 0.29) is 37.6 Å². The van der Waals surface area contributed by atoms with Crippen molar-refractivity contribution in [1.29, 1.82) is 0 Å². The van der Waals surface area contributed by atoms with E-state index in [1.165, 1.54) is 4.90 Å². The highest BCUT2D eigenvalue weighted by Crippen LogP contribution is 2.37. The SMILES string of the molecule is Cl.NC(=O)CNC1CCN(C(=O)c2cc(C(F)(F)F)cc(C(F)(F)F)c2)C(Cc2ccccc2)C1. The highest BCUT2D eigenvalue weighted by Gasteiger charge is 2.39. The van der Waals surface area contributed by atoms with E-state index in [2.05, 4.69) is 5.32 Å². The molecule has 2 unspecified atom stereocenters. The third-order valence-corrected chi connectivity index (χ3v) is 5.69. The molecular formula is C23H24ClF6N3O2. The van der Waals surface area contributed by atoms with E-state index < -0.39 is 46.9 Å². The molecule has 1 aliphatic heterocycles. The molecule has 1 heterocycles. The molecule has 35 heavy (non-hydrogen) atoms. The zero-order valence-corrected chi connectivity index (χ0v) is 19.1. The second-order valence-corrected chi connectivity index (χ2v) is 8.21. The van der Waals surface area contributed by atoms with Crippen molar-refractivity contribution in [2.24, 2.45) is 5.73 Å². The molecule has 5 nitrogen and oxygen atoms in total. The summed E-state index contributed by atoms with van der Waals surface area (Å²) in [6.07, 6.45) is -9.06. The van der Waals surface area contributed by atoms with Crippen LogP contribution in [0.1, 0.15) is 39.9 Å². The van der Waals surface area contributed by atoms with Gasteiger partial charge in [-0.25, -0.2) is 0 Å². The number of carbonyl (C=O) groups excluding carboxylic acids is 2. The van der Waals surface area contributed by atoms with Crippen molar-refractivity contribution in [1.82, 2.24) is 10.2 Å². The van der Waals surface area contributed by atoms with Crippen LogP contribution in [0.5, 0.6) is 0 Å². The summed E-state index contributed by atoms with van der Waals surface area (Å²) in [6, 6.07) is 9.19. The smallest absolute Gasteiger partial charge is 0.369 e. The molecule has 3 rings (SSSR count). The normalized spacial score (nSPS) is 18.6. The number of rotatable bonds is 6. The molecule has 0 aromatic heterocycles. The summed E-state index contributed by atoms with van der Waals surface area (Å²) in [4.78, 5) is 25.6. The molecule has 1 aliphatic rings. The molecule has 0 bridgehead atoms. The van der Waals surface area contributed by atoms with Crippen molar-refractivity contribution in [2.75, 3.05) is 13.1 Å². The number of alkyl halides is 6. The van der Waals surface area contributed by atoms with Crippen LogP contribution >= 0.6 is 12.4 Å². The predicted octanol–water partition coefficient (Wildman–Crippen LogP) is 4.44. The maximum Gasteiger partial charge on any atom is 0.416 e. The maximum atomic E-state index is 13.3. The number of benzene rings is 2. The van der Waals surface area contributed by atoms with E-state index in [0.29, 0.717) is 31.4 Å². The molecule has 2 aromatic carbocycles. The lowest BCUT2D eigenvalue weighted by atomic mass is 9.91. The third-order valence-electron chi connectivity index (χ3n) is 5.69. The van der Waals surface area contributed by atoms with Crippen molar-refractivity contribution in [2.45, 2.75) is 43.7 Å². The molecule has 1 fully saturated rings. The highest BCUT2D eigenvalue weighted by molar-refractivity contribution is 5.95. The number of nitrogens with zero attached hydrogens (tertiary/aromatic N) is 1. The molecular weight excluding hydrogens is 500 g/mol. The summed E-state index contributed by atoms with van der Waals surface area (Å²) in [5.74, 6) is -1.48. The van der Waals surface area contributed by atoms with E-state index in [1.54, 1.807) is 18.2 Å². The van der Waals surface area contributed by atoms with E-state index in [1.807, 2.05) is 12.1 Å². The molecule has 0 radical (unpaired) electrons. The minimum atomic E-state index is -5.05. The molecule has 0 aliphatic carbocycles. The average Bonchev–Trinajstić information content (AvgIpc) is 2.76. The van der Waals surface area contributed by atoms with E-state index in [0.717, 1.165) is 5.56 Å². The highest BCUT2D eigenvalue weighted by atomic mass is 35.5. The number of nitrogens with two attached hydrogens (primary N) is 1. The molecule has 192 valence electrons. The van der Waals surface area contributed by atoms with Crippen LogP contribution in [0.3, 0.4) is 0 Å². The fraction of sp³-hybridized carbons (Fsp3) is 0.391. The standard InChI is InChI=1S/C23H23F6N3O2.ClH/c24-22(25,26)16-9-15(10-17(11-16)23(27,28)29)21(34)32-7-6-18(31-13-20(30)33)12-19(32)8-14-4-2-1-3-5-14;/h1-5,9-11,18-19,31H,6-8,12-13H2,(H2,30,33);1H. The van der Waals surface area contributed by atoms with Crippen molar-refractivity contribution in [3.63, 3.8) is 0 Å². The van der Waals surface area contributed by atoms with Gasteiger partial charge in [-0.2, -0.15) is 26.3 Å². The number of likely N-dealkylation sites (tertiary alicyclic amines) is 1. The fourth-order valence-electron chi connectivity index (χ4n) is 4.07.